The molecule has 0 fully saturated rings. The van der Waals surface area contributed by atoms with Crippen LogP contribution in [-0.2, 0) is 13.6 Å². The molecular formula is C21H45O3P. The second-order valence-corrected chi connectivity index (χ2v) is 8.99. The topological polar surface area (TPSA) is 27.7 Å². The highest BCUT2D eigenvalue weighted by Crippen LogP contribution is 2.41. The lowest BCUT2D eigenvalue weighted by Crippen LogP contribution is -2.06. The Morgan fingerprint density at radius 2 is 0.800 bits per heavy atom. The maximum Gasteiger partial charge on any atom is 0.332 e. The predicted molar refractivity (Wildman–Crippen MR) is 111 cm³/mol. The van der Waals surface area contributed by atoms with Gasteiger partial charge in [0.2, 0.25) is 0 Å². The third-order valence-corrected chi connectivity index (χ3v) is 5.95. The molecule has 3 unspecified atom stereocenters. The third kappa shape index (κ3) is 16.2. The van der Waals surface area contributed by atoms with Crippen molar-refractivity contribution >= 4 is 8.60 Å². The van der Waals surface area contributed by atoms with Gasteiger partial charge in [0.1, 0.15) is 0 Å². The molecule has 0 radical (unpaired) electrons. The van der Waals surface area contributed by atoms with E-state index in [1.807, 2.05) is 0 Å². The monoisotopic (exact) mass is 376 g/mol. The first kappa shape index (κ1) is 25.3. The highest BCUT2D eigenvalue weighted by molar-refractivity contribution is 7.41. The predicted octanol–water partition coefficient (Wildman–Crippen LogP) is 7.74. The van der Waals surface area contributed by atoms with Crippen LogP contribution in [0.4, 0.5) is 0 Å². The van der Waals surface area contributed by atoms with Crippen molar-refractivity contribution in [2.24, 2.45) is 17.8 Å². The normalized spacial score (nSPS) is 16.6. The van der Waals surface area contributed by atoms with Crippen molar-refractivity contribution in [1.82, 2.24) is 0 Å². The minimum absolute atomic E-state index is 0.719. The molecule has 0 N–H and O–H groups in total. The van der Waals surface area contributed by atoms with Gasteiger partial charge >= 0.3 is 8.60 Å². The second-order valence-electron chi connectivity index (χ2n) is 7.77. The fourth-order valence-electron chi connectivity index (χ4n) is 3.01. The van der Waals surface area contributed by atoms with Gasteiger partial charge in [-0.25, -0.2) is 0 Å². The van der Waals surface area contributed by atoms with E-state index in [-0.39, 0.29) is 0 Å². The molecule has 0 rings (SSSR count). The van der Waals surface area contributed by atoms with E-state index in [4.69, 9.17) is 13.6 Å². The third-order valence-electron chi connectivity index (χ3n) is 4.77. The van der Waals surface area contributed by atoms with Crippen LogP contribution in [0.15, 0.2) is 0 Å². The maximum atomic E-state index is 5.96. The molecule has 3 atom stereocenters. The van der Waals surface area contributed by atoms with E-state index in [1.165, 1.54) is 38.5 Å². The first-order valence-corrected chi connectivity index (χ1v) is 11.8. The first-order valence-electron chi connectivity index (χ1n) is 10.7. The Bertz CT molecular complexity index is 233. The Morgan fingerprint density at radius 3 is 1.04 bits per heavy atom. The molecule has 0 aromatic heterocycles. The zero-order valence-corrected chi connectivity index (χ0v) is 18.8. The second kappa shape index (κ2) is 17.7. The molecule has 0 saturated heterocycles. The Kier molecular flexibility index (Phi) is 17.9. The van der Waals surface area contributed by atoms with Gasteiger partial charge in [-0.2, -0.15) is 0 Å². The lowest BCUT2D eigenvalue weighted by atomic mass is 10.0. The van der Waals surface area contributed by atoms with Gasteiger partial charge in [0.15, 0.2) is 0 Å². The van der Waals surface area contributed by atoms with Gasteiger partial charge in [-0.15, -0.1) is 0 Å². The largest absolute Gasteiger partial charge is 0.332 e. The number of hydrogen-bond acceptors (Lipinski definition) is 3. The highest BCUT2D eigenvalue weighted by Gasteiger charge is 2.15. The molecule has 3 nitrogen and oxygen atoms in total. The summed E-state index contributed by atoms with van der Waals surface area (Å²) >= 11 is 0. The van der Waals surface area contributed by atoms with Crippen LogP contribution in [0.1, 0.15) is 99.3 Å². The Hall–Kier alpha value is 0.310. The quantitative estimate of drug-likeness (QED) is 0.229. The van der Waals surface area contributed by atoms with Crippen molar-refractivity contribution < 1.29 is 13.6 Å². The summed E-state index contributed by atoms with van der Waals surface area (Å²) < 4.78 is 17.9. The summed E-state index contributed by atoms with van der Waals surface area (Å²) in [6.45, 7) is 15.9. The lowest BCUT2D eigenvalue weighted by Gasteiger charge is -2.20. The average Bonchev–Trinajstić information content (AvgIpc) is 2.55. The number of hydrogen-bond donors (Lipinski definition) is 0. The molecule has 0 spiro atoms. The zero-order valence-electron chi connectivity index (χ0n) is 17.9. The van der Waals surface area contributed by atoms with Crippen LogP contribution < -0.4 is 0 Å². The van der Waals surface area contributed by atoms with Crippen LogP contribution in [0.3, 0.4) is 0 Å². The van der Waals surface area contributed by atoms with E-state index in [0.29, 0.717) is 0 Å². The van der Waals surface area contributed by atoms with Crippen molar-refractivity contribution in [3.63, 3.8) is 0 Å². The Morgan fingerprint density at radius 1 is 0.520 bits per heavy atom. The fourth-order valence-corrected chi connectivity index (χ4v) is 4.00. The minimum atomic E-state index is -1.18. The Labute approximate surface area is 159 Å². The molecule has 4 heteroatoms. The van der Waals surface area contributed by atoms with Gasteiger partial charge in [0.25, 0.3) is 0 Å². The molecule has 0 aromatic carbocycles. The minimum Gasteiger partial charge on any atom is -0.312 e. The summed E-state index contributed by atoms with van der Waals surface area (Å²) in [5, 5.41) is 0. The van der Waals surface area contributed by atoms with E-state index in [2.05, 4.69) is 41.5 Å². The van der Waals surface area contributed by atoms with Crippen molar-refractivity contribution in [3.8, 4) is 0 Å². The van der Waals surface area contributed by atoms with Crippen LogP contribution in [0.25, 0.3) is 0 Å². The fraction of sp³-hybridized carbons (Fsp3) is 1.00. The molecule has 0 aliphatic rings. The molecule has 0 heterocycles. The maximum absolute atomic E-state index is 5.96. The molecular weight excluding hydrogens is 331 g/mol. The van der Waals surface area contributed by atoms with E-state index in [1.54, 1.807) is 0 Å². The van der Waals surface area contributed by atoms with Crippen LogP contribution >= 0.6 is 8.60 Å². The molecule has 0 saturated carbocycles. The SMILES string of the molecule is CCCC(C)CCOP(OCCC(C)CCC)OCCC(C)CCC. The smallest absolute Gasteiger partial charge is 0.312 e. The van der Waals surface area contributed by atoms with Crippen molar-refractivity contribution in [3.05, 3.63) is 0 Å². The average molecular weight is 377 g/mol. The summed E-state index contributed by atoms with van der Waals surface area (Å²) in [6, 6.07) is 0. The van der Waals surface area contributed by atoms with Gasteiger partial charge in [-0.3, -0.25) is 0 Å². The van der Waals surface area contributed by atoms with Gasteiger partial charge in [0, 0.05) is 0 Å². The summed E-state index contributed by atoms with van der Waals surface area (Å²) in [4.78, 5) is 0. The van der Waals surface area contributed by atoms with Gasteiger partial charge in [0.05, 0.1) is 19.8 Å². The van der Waals surface area contributed by atoms with Crippen LogP contribution in [-0.4, -0.2) is 19.8 Å². The van der Waals surface area contributed by atoms with Crippen LogP contribution in [0.5, 0.6) is 0 Å². The van der Waals surface area contributed by atoms with E-state index in [0.717, 1.165) is 56.8 Å². The van der Waals surface area contributed by atoms with Crippen molar-refractivity contribution in [2.75, 3.05) is 19.8 Å². The van der Waals surface area contributed by atoms with Crippen LogP contribution in [0.2, 0.25) is 0 Å². The van der Waals surface area contributed by atoms with Gasteiger partial charge in [-0.1, -0.05) is 80.1 Å². The molecule has 0 amide bonds. The molecule has 152 valence electrons. The summed E-state index contributed by atoms with van der Waals surface area (Å²) in [7, 11) is -1.18. The standard InChI is InChI=1S/C21H45O3P/c1-7-10-19(4)13-16-22-25(23-17-14-20(5)11-8-2)24-18-15-21(6)12-9-3/h19-21H,7-18H2,1-6H3. The van der Waals surface area contributed by atoms with Gasteiger partial charge < -0.3 is 13.6 Å². The number of rotatable bonds is 18. The zero-order chi connectivity index (χ0) is 18.9. The van der Waals surface area contributed by atoms with E-state index < -0.39 is 8.60 Å². The van der Waals surface area contributed by atoms with Crippen molar-refractivity contribution in [1.29, 1.82) is 0 Å². The molecule has 0 aliphatic heterocycles. The molecule has 0 aromatic rings. The van der Waals surface area contributed by atoms with E-state index in [9.17, 15) is 0 Å². The van der Waals surface area contributed by atoms with Crippen LogP contribution in [0, 0.1) is 17.8 Å². The summed E-state index contributed by atoms with van der Waals surface area (Å²) in [5.74, 6) is 2.16. The lowest BCUT2D eigenvalue weighted by molar-refractivity contribution is 0.142. The molecule has 25 heavy (non-hydrogen) atoms. The molecule has 0 bridgehead atoms. The molecule has 0 aliphatic carbocycles. The summed E-state index contributed by atoms with van der Waals surface area (Å²) in [5.41, 5.74) is 0. The summed E-state index contributed by atoms with van der Waals surface area (Å²) in [6.07, 6.45) is 10.8. The van der Waals surface area contributed by atoms with Crippen molar-refractivity contribution in [2.45, 2.75) is 99.3 Å². The highest BCUT2D eigenvalue weighted by atomic mass is 31.2. The van der Waals surface area contributed by atoms with Gasteiger partial charge in [-0.05, 0) is 37.0 Å². The first-order chi connectivity index (χ1) is 12.0. The van der Waals surface area contributed by atoms with E-state index >= 15 is 0 Å². The Balaban J connectivity index is 4.11.